The maximum Gasteiger partial charge on any atom is 0.260 e. The van der Waals surface area contributed by atoms with Crippen LogP contribution in [-0.4, -0.2) is 34.4 Å². The van der Waals surface area contributed by atoms with Crippen molar-refractivity contribution in [1.82, 2.24) is 14.9 Å². The van der Waals surface area contributed by atoms with Gasteiger partial charge in [-0.15, -0.1) is 11.3 Å². The molecule has 0 aliphatic rings. The van der Waals surface area contributed by atoms with Gasteiger partial charge in [-0.1, -0.05) is 23.7 Å². The van der Waals surface area contributed by atoms with Gasteiger partial charge in [0, 0.05) is 11.9 Å². The van der Waals surface area contributed by atoms with E-state index in [9.17, 15) is 4.79 Å². The van der Waals surface area contributed by atoms with Crippen molar-refractivity contribution in [2.45, 2.75) is 6.54 Å². The minimum Gasteiger partial charge on any atom is -0.467 e. The fourth-order valence-electron chi connectivity index (χ4n) is 2.09. The fraction of sp³-hybridized carbons (Fsp3) is 0.188. The van der Waals surface area contributed by atoms with E-state index in [1.165, 1.54) is 17.7 Å². The quantitative estimate of drug-likeness (QED) is 0.710. The van der Waals surface area contributed by atoms with Crippen molar-refractivity contribution < 1.29 is 9.53 Å². The third kappa shape index (κ3) is 3.78. The number of hydrogen-bond donors (Lipinski definition) is 0. The minimum atomic E-state index is -0.128. The highest BCUT2D eigenvalue weighted by Gasteiger charge is 2.13. The predicted octanol–water partition coefficient (Wildman–Crippen LogP) is 3.38. The van der Waals surface area contributed by atoms with E-state index in [-0.39, 0.29) is 12.5 Å². The highest BCUT2D eigenvalue weighted by Crippen LogP contribution is 2.23. The van der Waals surface area contributed by atoms with Gasteiger partial charge in [0.1, 0.15) is 6.33 Å². The highest BCUT2D eigenvalue weighted by molar-refractivity contribution is 7.16. The normalized spacial score (nSPS) is 10.7. The van der Waals surface area contributed by atoms with Crippen LogP contribution in [0, 0.1) is 0 Å². The maximum atomic E-state index is 12.2. The standard InChI is InChI=1S/C16H14ClN3O2S/c1-20(8-11-6-7-14(17)23-11)15(21)9-22-16-12-4-2-3-5-13(12)18-10-19-16/h2-7,10H,8-9H2,1H3. The first-order chi connectivity index (χ1) is 11.1. The van der Waals surface area contributed by atoms with E-state index in [0.29, 0.717) is 16.8 Å². The SMILES string of the molecule is CN(Cc1ccc(Cl)s1)C(=O)COc1ncnc2ccccc12. The Morgan fingerprint density at radius 3 is 2.87 bits per heavy atom. The lowest BCUT2D eigenvalue weighted by Crippen LogP contribution is -2.30. The van der Waals surface area contributed by atoms with E-state index in [4.69, 9.17) is 16.3 Å². The summed E-state index contributed by atoms with van der Waals surface area (Å²) < 4.78 is 6.29. The lowest BCUT2D eigenvalue weighted by molar-refractivity contribution is -0.132. The Balaban J connectivity index is 1.63. The fourth-order valence-corrected chi connectivity index (χ4v) is 3.24. The first-order valence-corrected chi connectivity index (χ1v) is 8.13. The van der Waals surface area contributed by atoms with Crippen LogP contribution in [0.4, 0.5) is 0 Å². The lowest BCUT2D eigenvalue weighted by Gasteiger charge is -2.16. The molecule has 2 heterocycles. The zero-order valence-corrected chi connectivity index (χ0v) is 14.0. The van der Waals surface area contributed by atoms with Crippen molar-refractivity contribution in [3.8, 4) is 5.88 Å². The Morgan fingerprint density at radius 1 is 1.26 bits per heavy atom. The molecule has 0 saturated carbocycles. The summed E-state index contributed by atoms with van der Waals surface area (Å²) in [5, 5.41) is 0.787. The number of fused-ring (bicyclic) bond motifs is 1. The van der Waals surface area contributed by atoms with Gasteiger partial charge in [0.15, 0.2) is 6.61 Å². The molecule has 7 heteroatoms. The Morgan fingerprint density at radius 2 is 2.09 bits per heavy atom. The number of benzene rings is 1. The number of carbonyl (C=O) groups excluding carboxylic acids is 1. The average molecular weight is 348 g/mol. The molecule has 23 heavy (non-hydrogen) atoms. The molecule has 2 aromatic heterocycles. The number of thiophene rings is 1. The molecule has 0 bridgehead atoms. The molecule has 0 spiro atoms. The number of aromatic nitrogens is 2. The van der Waals surface area contributed by atoms with Crippen molar-refractivity contribution in [2.24, 2.45) is 0 Å². The van der Waals surface area contributed by atoms with Crippen LogP contribution in [-0.2, 0) is 11.3 Å². The van der Waals surface area contributed by atoms with Crippen LogP contribution < -0.4 is 4.74 Å². The molecule has 0 atom stereocenters. The number of amides is 1. The van der Waals surface area contributed by atoms with Crippen molar-refractivity contribution >= 4 is 39.7 Å². The molecule has 1 amide bonds. The summed E-state index contributed by atoms with van der Waals surface area (Å²) in [6, 6.07) is 11.3. The topological polar surface area (TPSA) is 55.3 Å². The minimum absolute atomic E-state index is 0.0728. The van der Waals surface area contributed by atoms with Crippen LogP contribution in [0.5, 0.6) is 5.88 Å². The van der Waals surface area contributed by atoms with E-state index >= 15 is 0 Å². The number of halogens is 1. The first kappa shape index (κ1) is 15.7. The number of nitrogens with zero attached hydrogens (tertiary/aromatic N) is 3. The third-order valence-electron chi connectivity index (χ3n) is 3.29. The summed E-state index contributed by atoms with van der Waals surface area (Å²) in [6.45, 7) is 0.431. The second kappa shape index (κ2) is 6.93. The van der Waals surface area contributed by atoms with Gasteiger partial charge in [0.25, 0.3) is 5.91 Å². The summed E-state index contributed by atoms with van der Waals surface area (Å²) in [5.41, 5.74) is 0.784. The number of para-hydroxylation sites is 1. The zero-order valence-electron chi connectivity index (χ0n) is 12.4. The Labute approximate surface area is 142 Å². The van der Waals surface area contributed by atoms with Gasteiger partial charge in [0.05, 0.1) is 21.8 Å². The molecule has 0 fully saturated rings. The van der Waals surface area contributed by atoms with E-state index in [0.717, 1.165) is 15.8 Å². The maximum absolute atomic E-state index is 12.2. The van der Waals surface area contributed by atoms with Crippen LogP contribution in [0.15, 0.2) is 42.7 Å². The molecule has 0 radical (unpaired) electrons. The van der Waals surface area contributed by atoms with Gasteiger partial charge < -0.3 is 9.64 Å². The molecular weight excluding hydrogens is 334 g/mol. The lowest BCUT2D eigenvalue weighted by atomic mass is 10.2. The predicted molar refractivity (Wildman–Crippen MR) is 90.8 cm³/mol. The van der Waals surface area contributed by atoms with Crippen LogP contribution in [0.1, 0.15) is 4.88 Å². The average Bonchev–Trinajstić information content (AvgIpc) is 2.97. The molecule has 0 unspecified atom stereocenters. The van der Waals surface area contributed by atoms with Crippen molar-refractivity contribution in [1.29, 1.82) is 0 Å². The Bertz CT molecular complexity index is 832. The van der Waals surface area contributed by atoms with E-state index < -0.39 is 0 Å². The van der Waals surface area contributed by atoms with Gasteiger partial charge in [-0.3, -0.25) is 4.79 Å². The number of rotatable bonds is 5. The molecule has 118 valence electrons. The zero-order chi connectivity index (χ0) is 16.2. The largest absolute Gasteiger partial charge is 0.467 e. The van der Waals surface area contributed by atoms with Gasteiger partial charge in [-0.05, 0) is 24.3 Å². The second-order valence-corrected chi connectivity index (χ2v) is 6.74. The summed E-state index contributed by atoms with van der Waals surface area (Å²) >= 11 is 7.36. The number of carbonyl (C=O) groups is 1. The highest BCUT2D eigenvalue weighted by atomic mass is 35.5. The first-order valence-electron chi connectivity index (χ1n) is 6.94. The Hall–Kier alpha value is -2.18. The molecule has 1 aromatic carbocycles. The molecule has 3 rings (SSSR count). The van der Waals surface area contributed by atoms with Gasteiger partial charge >= 0.3 is 0 Å². The van der Waals surface area contributed by atoms with Crippen molar-refractivity contribution in [3.63, 3.8) is 0 Å². The number of ether oxygens (including phenoxy) is 1. The molecule has 0 saturated heterocycles. The summed E-state index contributed by atoms with van der Waals surface area (Å²) in [4.78, 5) is 23.1. The van der Waals surface area contributed by atoms with E-state index in [1.807, 2.05) is 36.4 Å². The number of hydrogen-bond acceptors (Lipinski definition) is 5. The molecule has 5 nitrogen and oxygen atoms in total. The second-order valence-electron chi connectivity index (χ2n) is 4.94. The van der Waals surface area contributed by atoms with Gasteiger partial charge in [0.2, 0.25) is 5.88 Å². The van der Waals surface area contributed by atoms with E-state index in [1.54, 1.807) is 11.9 Å². The van der Waals surface area contributed by atoms with Crippen LogP contribution >= 0.6 is 22.9 Å². The summed E-state index contributed by atoms with van der Waals surface area (Å²) in [5.74, 6) is 0.286. The summed E-state index contributed by atoms with van der Waals surface area (Å²) in [6.07, 6.45) is 1.43. The van der Waals surface area contributed by atoms with Crippen LogP contribution in [0.3, 0.4) is 0 Å². The molecular formula is C16H14ClN3O2S. The van der Waals surface area contributed by atoms with Crippen LogP contribution in [0.2, 0.25) is 4.34 Å². The summed E-state index contributed by atoms with van der Waals surface area (Å²) in [7, 11) is 1.73. The molecule has 0 N–H and O–H groups in total. The third-order valence-corrected chi connectivity index (χ3v) is 4.50. The van der Waals surface area contributed by atoms with Crippen molar-refractivity contribution in [3.05, 3.63) is 51.9 Å². The monoisotopic (exact) mass is 347 g/mol. The van der Waals surface area contributed by atoms with Gasteiger partial charge in [-0.2, -0.15) is 0 Å². The van der Waals surface area contributed by atoms with Gasteiger partial charge in [-0.25, -0.2) is 9.97 Å². The Kier molecular flexibility index (Phi) is 4.73. The molecule has 0 aliphatic heterocycles. The molecule has 3 aromatic rings. The number of likely N-dealkylation sites (N-methyl/N-ethyl adjacent to an activating group) is 1. The smallest absolute Gasteiger partial charge is 0.260 e. The van der Waals surface area contributed by atoms with E-state index in [2.05, 4.69) is 9.97 Å². The van der Waals surface area contributed by atoms with Crippen molar-refractivity contribution in [2.75, 3.05) is 13.7 Å². The molecule has 0 aliphatic carbocycles. The van der Waals surface area contributed by atoms with Crippen LogP contribution in [0.25, 0.3) is 10.9 Å².